The molecule has 0 aliphatic heterocycles. The minimum atomic E-state index is 0.695. The average molecular weight is 192 g/mol. The lowest BCUT2D eigenvalue weighted by Gasteiger charge is -1.95. The van der Waals surface area contributed by atoms with E-state index in [1.807, 2.05) is 0 Å². The molecule has 3 heteroatoms. The van der Waals surface area contributed by atoms with Gasteiger partial charge in [-0.25, -0.2) is 9.13 Å². The van der Waals surface area contributed by atoms with Gasteiger partial charge in [-0.2, -0.15) is 5.26 Å². The number of aryl methyl sites for hydroxylation is 2. The Balaban J connectivity index is 2.15. The van der Waals surface area contributed by atoms with Crippen LogP contribution in [-0.2, 0) is 13.1 Å². The molecule has 1 aromatic heterocycles. The lowest BCUT2D eigenvalue weighted by atomic mass is 10.2. The average Bonchev–Trinajstić information content (AvgIpc) is 2.65. The van der Waals surface area contributed by atoms with Crippen molar-refractivity contribution in [2.45, 2.75) is 45.7 Å². The SMILES string of the molecule is CCn1cc[n+](CCCCCC#N)c1. The van der Waals surface area contributed by atoms with Gasteiger partial charge in [0.25, 0.3) is 0 Å². The van der Waals surface area contributed by atoms with Crippen LogP contribution < -0.4 is 4.57 Å². The van der Waals surface area contributed by atoms with Gasteiger partial charge in [0.05, 0.1) is 19.2 Å². The molecule has 76 valence electrons. The molecule has 0 saturated heterocycles. The molecule has 3 nitrogen and oxygen atoms in total. The third kappa shape index (κ3) is 3.61. The first-order chi connectivity index (χ1) is 6.86. The molecular weight excluding hydrogens is 174 g/mol. The van der Waals surface area contributed by atoms with Crippen molar-refractivity contribution in [2.24, 2.45) is 0 Å². The zero-order chi connectivity index (χ0) is 10.2. The standard InChI is InChI=1S/C11H18N3/c1-2-13-9-10-14(11-13)8-6-4-3-5-7-12/h9-11H,2-6,8H2,1H3/q+1. The highest BCUT2D eigenvalue weighted by atomic mass is 15.1. The van der Waals surface area contributed by atoms with Gasteiger partial charge in [0.2, 0.25) is 6.33 Å². The first kappa shape index (κ1) is 10.8. The first-order valence-corrected chi connectivity index (χ1v) is 5.28. The van der Waals surface area contributed by atoms with Crippen molar-refractivity contribution in [3.8, 4) is 6.07 Å². The Kier molecular flexibility index (Phi) is 4.77. The summed E-state index contributed by atoms with van der Waals surface area (Å²) in [6.07, 6.45) is 10.4. The molecule has 14 heavy (non-hydrogen) atoms. The van der Waals surface area contributed by atoms with Crippen LogP contribution >= 0.6 is 0 Å². The Morgan fingerprint density at radius 1 is 1.36 bits per heavy atom. The molecule has 0 spiro atoms. The van der Waals surface area contributed by atoms with Gasteiger partial charge in [-0.15, -0.1) is 0 Å². The number of hydrogen-bond acceptors (Lipinski definition) is 1. The fourth-order valence-corrected chi connectivity index (χ4v) is 1.43. The second-order valence-electron chi connectivity index (χ2n) is 3.45. The minimum absolute atomic E-state index is 0.695. The largest absolute Gasteiger partial charge is 0.243 e. The van der Waals surface area contributed by atoms with Crippen molar-refractivity contribution < 1.29 is 4.57 Å². The van der Waals surface area contributed by atoms with Crippen LogP contribution in [0.4, 0.5) is 0 Å². The van der Waals surface area contributed by atoms with Gasteiger partial charge in [0.15, 0.2) is 0 Å². The summed E-state index contributed by atoms with van der Waals surface area (Å²) in [4.78, 5) is 0. The lowest BCUT2D eigenvalue weighted by molar-refractivity contribution is -0.696. The zero-order valence-electron chi connectivity index (χ0n) is 8.82. The van der Waals surface area contributed by atoms with Crippen LogP contribution in [0.5, 0.6) is 0 Å². The van der Waals surface area contributed by atoms with E-state index in [4.69, 9.17) is 5.26 Å². The Morgan fingerprint density at radius 3 is 2.86 bits per heavy atom. The molecule has 0 radical (unpaired) electrons. The summed E-state index contributed by atoms with van der Waals surface area (Å²) in [6.45, 7) is 4.23. The van der Waals surface area contributed by atoms with E-state index in [1.165, 1.54) is 6.42 Å². The van der Waals surface area contributed by atoms with Gasteiger partial charge in [-0.3, -0.25) is 0 Å². The van der Waals surface area contributed by atoms with Crippen LogP contribution in [0.2, 0.25) is 0 Å². The molecule has 0 unspecified atom stereocenters. The summed E-state index contributed by atoms with van der Waals surface area (Å²) in [7, 11) is 0. The normalized spacial score (nSPS) is 10.0. The molecule has 0 amide bonds. The van der Waals surface area contributed by atoms with E-state index in [0.717, 1.165) is 25.9 Å². The van der Waals surface area contributed by atoms with Gasteiger partial charge >= 0.3 is 0 Å². The van der Waals surface area contributed by atoms with Gasteiger partial charge in [-0.05, 0) is 26.2 Å². The zero-order valence-corrected chi connectivity index (χ0v) is 8.82. The molecule has 0 bridgehead atoms. The molecule has 0 atom stereocenters. The predicted molar refractivity (Wildman–Crippen MR) is 54.4 cm³/mol. The predicted octanol–water partition coefficient (Wildman–Crippen LogP) is 1.88. The summed E-state index contributed by atoms with van der Waals surface area (Å²) < 4.78 is 4.37. The Hall–Kier alpha value is -1.30. The van der Waals surface area contributed by atoms with E-state index in [9.17, 15) is 0 Å². The molecule has 0 aliphatic rings. The van der Waals surface area contributed by atoms with E-state index >= 15 is 0 Å². The van der Waals surface area contributed by atoms with Crippen molar-refractivity contribution in [1.82, 2.24) is 4.57 Å². The third-order valence-corrected chi connectivity index (χ3v) is 2.32. The molecule has 0 aliphatic carbocycles. The molecule has 1 aromatic rings. The van der Waals surface area contributed by atoms with Gasteiger partial charge in [0.1, 0.15) is 12.4 Å². The van der Waals surface area contributed by atoms with Gasteiger partial charge in [0, 0.05) is 6.42 Å². The first-order valence-electron chi connectivity index (χ1n) is 5.28. The lowest BCUT2D eigenvalue weighted by Crippen LogP contribution is -2.30. The van der Waals surface area contributed by atoms with Crippen LogP contribution in [0.15, 0.2) is 18.7 Å². The van der Waals surface area contributed by atoms with Crippen molar-refractivity contribution in [2.75, 3.05) is 0 Å². The maximum Gasteiger partial charge on any atom is 0.243 e. The van der Waals surface area contributed by atoms with Crippen LogP contribution in [0.25, 0.3) is 0 Å². The summed E-state index contributed by atoms with van der Waals surface area (Å²) in [6, 6.07) is 2.17. The van der Waals surface area contributed by atoms with Crippen molar-refractivity contribution >= 4 is 0 Å². The minimum Gasteiger partial charge on any atom is -0.237 e. The molecule has 0 aromatic carbocycles. The van der Waals surface area contributed by atoms with Crippen LogP contribution in [0, 0.1) is 11.3 Å². The molecule has 1 rings (SSSR count). The van der Waals surface area contributed by atoms with Crippen LogP contribution in [-0.4, -0.2) is 4.57 Å². The highest BCUT2D eigenvalue weighted by molar-refractivity contribution is 4.67. The summed E-state index contributed by atoms with van der Waals surface area (Å²) in [5, 5.41) is 8.36. The van der Waals surface area contributed by atoms with Gasteiger partial charge < -0.3 is 0 Å². The smallest absolute Gasteiger partial charge is 0.237 e. The van der Waals surface area contributed by atoms with E-state index in [0.29, 0.717) is 6.42 Å². The van der Waals surface area contributed by atoms with E-state index in [2.05, 4.69) is 40.8 Å². The number of hydrogen-bond donors (Lipinski definition) is 0. The van der Waals surface area contributed by atoms with E-state index < -0.39 is 0 Å². The summed E-state index contributed by atoms with van der Waals surface area (Å²) in [5.74, 6) is 0. The molecule has 1 heterocycles. The fraction of sp³-hybridized carbons (Fsp3) is 0.636. The van der Waals surface area contributed by atoms with Crippen molar-refractivity contribution in [3.05, 3.63) is 18.7 Å². The summed E-state index contributed by atoms with van der Waals surface area (Å²) in [5.41, 5.74) is 0. The highest BCUT2D eigenvalue weighted by Gasteiger charge is 2.00. The maximum atomic E-state index is 8.36. The summed E-state index contributed by atoms with van der Waals surface area (Å²) >= 11 is 0. The fourth-order valence-electron chi connectivity index (χ4n) is 1.43. The number of rotatable bonds is 6. The molecular formula is C11H18N3+. The number of nitriles is 1. The van der Waals surface area contributed by atoms with Gasteiger partial charge in [-0.1, -0.05) is 0 Å². The molecule has 0 fully saturated rings. The Labute approximate surface area is 85.6 Å². The Bertz CT molecular complexity index is 296. The number of aromatic nitrogens is 2. The molecule has 0 N–H and O–H groups in total. The third-order valence-electron chi connectivity index (χ3n) is 2.32. The van der Waals surface area contributed by atoms with E-state index in [-0.39, 0.29) is 0 Å². The number of nitrogens with zero attached hydrogens (tertiary/aromatic N) is 3. The topological polar surface area (TPSA) is 32.6 Å². The number of imidazole rings is 1. The molecule has 0 saturated carbocycles. The second-order valence-corrected chi connectivity index (χ2v) is 3.45. The van der Waals surface area contributed by atoms with Crippen molar-refractivity contribution in [1.29, 1.82) is 5.26 Å². The maximum absolute atomic E-state index is 8.36. The van der Waals surface area contributed by atoms with E-state index in [1.54, 1.807) is 0 Å². The number of unbranched alkanes of at least 4 members (excludes halogenated alkanes) is 3. The van der Waals surface area contributed by atoms with Crippen molar-refractivity contribution in [3.63, 3.8) is 0 Å². The highest BCUT2D eigenvalue weighted by Crippen LogP contribution is 1.98. The Morgan fingerprint density at radius 2 is 2.21 bits per heavy atom. The van der Waals surface area contributed by atoms with Crippen LogP contribution in [0.3, 0.4) is 0 Å². The second kappa shape index (κ2) is 6.20. The monoisotopic (exact) mass is 192 g/mol. The van der Waals surface area contributed by atoms with Crippen LogP contribution in [0.1, 0.15) is 32.6 Å². The quantitative estimate of drug-likeness (QED) is 0.500.